The van der Waals surface area contributed by atoms with Gasteiger partial charge in [-0.1, -0.05) is 0 Å². The van der Waals surface area contributed by atoms with Crippen LogP contribution in [0.5, 0.6) is 5.75 Å². The number of hydrogen-bond acceptors (Lipinski definition) is 3. The van der Waals surface area contributed by atoms with Gasteiger partial charge in [-0.25, -0.2) is 9.18 Å². The molecular weight excluding hydrogens is 237 g/mol. The molecule has 0 unspecified atom stereocenters. The van der Waals surface area contributed by atoms with Crippen molar-refractivity contribution in [3.05, 3.63) is 48.0 Å². The third-order valence-corrected chi connectivity index (χ3v) is 2.50. The lowest BCUT2D eigenvalue weighted by atomic mass is 10.0. The molecule has 18 heavy (non-hydrogen) atoms. The standard InChI is InChI=1S/C13H10FNO3/c1-18-12-4-5-15-7-11(12)10-6-8(14)2-3-9(10)13(16)17/h2-7H,1H3,(H,16,17). The third-order valence-electron chi connectivity index (χ3n) is 2.50. The van der Waals surface area contributed by atoms with E-state index in [4.69, 9.17) is 9.84 Å². The molecule has 0 atom stereocenters. The van der Waals surface area contributed by atoms with E-state index in [0.29, 0.717) is 11.3 Å². The molecule has 1 N–H and O–H groups in total. The van der Waals surface area contributed by atoms with E-state index >= 15 is 0 Å². The fourth-order valence-electron chi connectivity index (χ4n) is 1.69. The monoisotopic (exact) mass is 247 g/mol. The Morgan fingerprint density at radius 2 is 2.11 bits per heavy atom. The van der Waals surface area contributed by atoms with Gasteiger partial charge in [0.1, 0.15) is 11.6 Å². The van der Waals surface area contributed by atoms with Gasteiger partial charge in [0.2, 0.25) is 0 Å². The Kier molecular flexibility index (Phi) is 3.23. The van der Waals surface area contributed by atoms with Crippen LogP contribution in [-0.4, -0.2) is 23.2 Å². The van der Waals surface area contributed by atoms with E-state index in [0.717, 1.165) is 12.1 Å². The average molecular weight is 247 g/mol. The van der Waals surface area contributed by atoms with E-state index in [1.807, 2.05) is 0 Å². The molecule has 0 bridgehead atoms. The molecule has 0 aliphatic heterocycles. The van der Waals surface area contributed by atoms with Gasteiger partial charge in [-0.05, 0) is 24.3 Å². The number of nitrogens with zero attached hydrogens (tertiary/aromatic N) is 1. The van der Waals surface area contributed by atoms with Crippen LogP contribution in [0.2, 0.25) is 0 Å². The van der Waals surface area contributed by atoms with Crippen LogP contribution < -0.4 is 4.74 Å². The Hall–Kier alpha value is -2.43. The largest absolute Gasteiger partial charge is 0.496 e. The number of benzene rings is 1. The first-order valence-electron chi connectivity index (χ1n) is 5.14. The summed E-state index contributed by atoms with van der Waals surface area (Å²) in [5, 5.41) is 9.10. The van der Waals surface area contributed by atoms with Crippen molar-refractivity contribution in [3.63, 3.8) is 0 Å². The molecule has 5 heteroatoms. The molecule has 0 aliphatic rings. The maximum atomic E-state index is 13.3. The van der Waals surface area contributed by atoms with Crippen molar-refractivity contribution in [3.8, 4) is 16.9 Å². The Balaban J connectivity index is 2.69. The van der Waals surface area contributed by atoms with E-state index in [9.17, 15) is 9.18 Å². The fourth-order valence-corrected chi connectivity index (χ4v) is 1.69. The Labute approximate surface area is 103 Å². The Morgan fingerprint density at radius 1 is 1.33 bits per heavy atom. The van der Waals surface area contributed by atoms with E-state index in [-0.39, 0.29) is 11.1 Å². The first-order chi connectivity index (χ1) is 8.63. The third kappa shape index (κ3) is 2.15. The number of carbonyl (C=O) groups is 1. The lowest BCUT2D eigenvalue weighted by molar-refractivity contribution is 0.0697. The molecule has 0 amide bonds. The van der Waals surface area contributed by atoms with Crippen LogP contribution in [-0.2, 0) is 0 Å². The molecule has 1 aromatic heterocycles. The second kappa shape index (κ2) is 4.83. The summed E-state index contributed by atoms with van der Waals surface area (Å²) in [5.41, 5.74) is 0.687. The van der Waals surface area contributed by atoms with Gasteiger partial charge in [-0.15, -0.1) is 0 Å². The van der Waals surface area contributed by atoms with Gasteiger partial charge in [0.15, 0.2) is 0 Å². The summed E-state index contributed by atoms with van der Waals surface area (Å²) in [6, 6.07) is 5.07. The molecule has 92 valence electrons. The molecule has 2 aromatic rings. The summed E-state index contributed by atoms with van der Waals surface area (Å²) < 4.78 is 18.4. The van der Waals surface area contributed by atoms with Crippen LogP contribution in [0.3, 0.4) is 0 Å². The number of aromatic nitrogens is 1. The SMILES string of the molecule is COc1ccncc1-c1cc(F)ccc1C(=O)O. The van der Waals surface area contributed by atoms with Crippen molar-refractivity contribution in [2.45, 2.75) is 0 Å². The maximum absolute atomic E-state index is 13.3. The first-order valence-corrected chi connectivity index (χ1v) is 5.14. The van der Waals surface area contributed by atoms with Crippen molar-refractivity contribution in [1.29, 1.82) is 0 Å². The molecule has 0 spiro atoms. The number of carboxylic acid groups (broad SMARTS) is 1. The van der Waals surface area contributed by atoms with Gasteiger partial charge in [0.25, 0.3) is 0 Å². The number of pyridine rings is 1. The molecule has 0 radical (unpaired) electrons. The van der Waals surface area contributed by atoms with E-state index in [2.05, 4.69) is 4.98 Å². The maximum Gasteiger partial charge on any atom is 0.336 e. The van der Waals surface area contributed by atoms with Crippen molar-refractivity contribution < 1.29 is 19.0 Å². The quantitative estimate of drug-likeness (QED) is 0.905. The molecule has 1 heterocycles. The first kappa shape index (κ1) is 12.0. The summed E-state index contributed by atoms with van der Waals surface area (Å²) in [5.74, 6) is -1.20. The van der Waals surface area contributed by atoms with Crippen LogP contribution in [0.25, 0.3) is 11.1 Å². The fraction of sp³-hybridized carbons (Fsp3) is 0.0769. The number of ether oxygens (including phenoxy) is 1. The van der Waals surface area contributed by atoms with Gasteiger partial charge in [0, 0.05) is 23.5 Å². The molecule has 0 aliphatic carbocycles. The minimum atomic E-state index is -1.13. The zero-order valence-electron chi connectivity index (χ0n) is 9.55. The van der Waals surface area contributed by atoms with Gasteiger partial charge >= 0.3 is 5.97 Å². The van der Waals surface area contributed by atoms with Crippen molar-refractivity contribution in [1.82, 2.24) is 4.98 Å². The summed E-state index contributed by atoms with van der Waals surface area (Å²) in [6.45, 7) is 0. The Bertz CT molecular complexity index is 599. The van der Waals surface area contributed by atoms with Gasteiger partial charge in [-0.2, -0.15) is 0 Å². The van der Waals surface area contributed by atoms with Gasteiger partial charge in [-0.3, -0.25) is 4.98 Å². The number of methoxy groups -OCH3 is 1. The minimum Gasteiger partial charge on any atom is -0.496 e. The predicted octanol–water partition coefficient (Wildman–Crippen LogP) is 2.59. The van der Waals surface area contributed by atoms with Crippen LogP contribution in [0.4, 0.5) is 4.39 Å². The Morgan fingerprint density at radius 3 is 2.78 bits per heavy atom. The van der Waals surface area contributed by atoms with Gasteiger partial charge in [0.05, 0.1) is 12.7 Å². The van der Waals surface area contributed by atoms with Crippen LogP contribution in [0.15, 0.2) is 36.7 Å². The topological polar surface area (TPSA) is 59.4 Å². The van der Waals surface area contributed by atoms with Crippen LogP contribution >= 0.6 is 0 Å². The smallest absolute Gasteiger partial charge is 0.336 e. The lowest BCUT2D eigenvalue weighted by Crippen LogP contribution is -2.01. The number of halogens is 1. The zero-order valence-corrected chi connectivity index (χ0v) is 9.55. The van der Waals surface area contributed by atoms with Crippen LogP contribution in [0.1, 0.15) is 10.4 Å². The normalized spacial score (nSPS) is 10.1. The molecule has 1 aromatic carbocycles. The number of carboxylic acids is 1. The number of hydrogen-bond donors (Lipinski definition) is 1. The molecule has 4 nitrogen and oxygen atoms in total. The summed E-state index contributed by atoms with van der Waals surface area (Å²) >= 11 is 0. The van der Waals surface area contributed by atoms with E-state index < -0.39 is 11.8 Å². The van der Waals surface area contributed by atoms with Gasteiger partial charge < -0.3 is 9.84 Å². The molecular formula is C13H10FNO3. The van der Waals surface area contributed by atoms with E-state index in [1.165, 1.54) is 25.6 Å². The summed E-state index contributed by atoms with van der Waals surface area (Å²) in [7, 11) is 1.46. The second-order valence-corrected chi connectivity index (χ2v) is 3.57. The van der Waals surface area contributed by atoms with Crippen molar-refractivity contribution in [2.75, 3.05) is 7.11 Å². The minimum absolute atomic E-state index is 0.00250. The highest BCUT2D eigenvalue weighted by Gasteiger charge is 2.15. The molecule has 0 saturated carbocycles. The van der Waals surface area contributed by atoms with Crippen LogP contribution in [0, 0.1) is 5.82 Å². The number of aromatic carboxylic acids is 1. The zero-order chi connectivity index (χ0) is 13.1. The molecule has 0 fully saturated rings. The average Bonchev–Trinajstić information content (AvgIpc) is 2.38. The van der Waals surface area contributed by atoms with Crippen molar-refractivity contribution >= 4 is 5.97 Å². The highest BCUT2D eigenvalue weighted by Crippen LogP contribution is 2.31. The second-order valence-electron chi connectivity index (χ2n) is 3.57. The predicted molar refractivity (Wildman–Crippen MR) is 63.1 cm³/mol. The highest BCUT2D eigenvalue weighted by atomic mass is 19.1. The van der Waals surface area contributed by atoms with E-state index in [1.54, 1.807) is 6.07 Å². The number of rotatable bonds is 3. The summed E-state index contributed by atoms with van der Waals surface area (Å²) in [4.78, 5) is 15.0. The summed E-state index contributed by atoms with van der Waals surface area (Å²) in [6.07, 6.45) is 2.96. The molecule has 0 saturated heterocycles. The lowest BCUT2D eigenvalue weighted by Gasteiger charge is -2.10. The highest BCUT2D eigenvalue weighted by molar-refractivity contribution is 5.96. The van der Waals surface area contributed by atoms with Crippen molar-refractivity contribution in [2.24, 2.45) is 0 Å². The molecule has 2 rings (SSSR count).